The molecule has 0 N–H and O–H groups in total. The fourth-order valence-electron chi connectivity index (χ4n) is 21.3. The number of nitrogens with zero attached hydrogens (tertiary/aromatic N) is 11. The second-order valence-corrected chi connectivity index (χ2v) is 37.0. The first-order valence-corrected chi connectivity index (χ1v) is 49.1. The summed E-state index contributed by atoms with van der Waals surface area (Å²) in [5.41, 5.74) is 24.8. The minimum absolute atomic E-state index is 0.620. The molecule has 0 spiro atoms. The Kier molecular flexibility index (Phi) is 21.3. The number of fused-ring (bicyclic) bond motifs is 20. The molecule has 0 atom stereocenters. The van der Waals surface area contributed by atoms with Crippen molar-refractivity contribution in [1.82, 2.24) is 54.8 Å². The van der Waals surface area contributed by atoms with Crippen LogP contribution < -0.4 is 0 Å². The summed E-state index contributed by atoms with van der Waals surface area (Å²) in [5.74, 6) is 0.620. The molecule has 0 aliphatic carbocycles. The minimum Gasteiger partial charge on any atom is -0.252 e. The Morgan fingerprint density at radius 3 is 0.801 bits per heavy atom. The van der Waals surface area contributed by atoms with Gasteiger partial charge in [-0.05, 0) is 179 Å². The first-order chi connectivity index (χ1) is 72.3. The summed E-state index contributed by atoms with van der Waals surface area (Å²) in [4.78, 5) is 55.2. The van der Waals surface area contributed by atoms with Crippen LogP contribution in [-0.2, 0) is 0 Å². The average Bonchev–Trinajstić information content (AvgIpc) is 0.725. The highest BCUT2D eigenvalue weighted by Crippen LogP contribution is 2.48. The van der Waals surface area contributed by atoms with E-state index in [0.717, 1.165) is 133 Å². The SMILES string of the molecule is c1ccc(-c2ccc(-c3cc(-c4cnc(-c5nc6ccccc6c6c5ccc5ccccc56)cn4)nc(-c4ccc(-c5ccccc5)cc4)n3)cc2)cc1.c1ccc2cc(-c3c4ccccc4c(-c4ccc5ccccc5c4)c4cc(-c5cnc(-c6nc7ccccc7c7c6ccc6ccccc67)cn5)ccc34)ccc2c1.c1ccc2cc(-c3cnc(-c4nc5ccccc5c5c4ccc4ccccc45)cn3)ccc2c1. The largest absolute Gasteiger partial charge is 0.252 e. The maximum Gasteiger partial charge on any atom is 0.160 e. The monoisotopic (exact) mass is 1860 g/mol. The van der Waals surface area contributed by atoms with Crippen LogP contribution in [-0.4, -0.2) is 54.8 Å². The average molecular weight is 1860 g/mol. The Morgan fingerprint density at radius 1 is 0.123 bits per heavy atom. The normalized spacial score (nSPS) is 11.6. The molecule has 7 aromatic heterocycles. The van der Waals surface area contributed by atoms with Gasteiger partial charge < -0.3 is 0 Å². The van der Waals surface area contributed by atoms with E-state index in [1.54, 1.807) is 6.20 Å². The summed E-state index contributed by atoms with van der Waals surface area (Å²) >= 11 is 0. The van der Waals surface area contributed by atoms with E-state index in [1.165, 1.54) is 130 Å². The predicted octanol–water partition coefficient (Wildman–Crippen LogP) is 34.6. The molecule has 0 aliphatic heterocycles. The topological polar surface area (TPSA) is 142 Å². The van der Waals surface area contributed by atoms with E-state index in [0.29, 0.717) is 22.9 Å². The van der Waals surface area contributed by atoms with Crippen LogP contribution in [0.25, 0.3) is 286 Å². The highest BCUT2D eigenvalue weighted by molar-refractivity contribution is 6.27. The molecule has 146 heavy (non-hydrogen) atoms. The Balaban J connectivity index is 0.000000112. The molecule has 29 rings (SSSR count). The third-order valence-corrected chi connectivity index (χ3v) is 28.4. The van der Waals surface area contributed by atoms with Gasteiger partial charge in [0.05, 0.1) is 93.6 Å². The van der Waals surface area contributed by atoms with E-state index < -0.39 is 0 Å². The predicted molar refractivity (Wildman–Crippen MR) is 605 cm³/mol. The van der Waals surface area contributed by atoms with Gasteiger partial charge in [0.25, 0.3) is 0 Å². The van der Waals surface area contributed by atoms with Crippen molar-refractivity contribution in [1.29, 1.82) is 0 Å². The quantitative estimate of drug-likeness (QED) is 0.0852. The Bertz CT molecular complexity index is 10100. The van der Waals surface area contributed by atoms with Crippen molar-refractivity contribution in [2.75, 3.05) is 0 Å². The number of benzene rings is 22. The van der Waals surface area contributed by atoms with Crippen LogP contribution in [0.15, 0.2) is 504 Å². The van der Waals surface area contributed by atoms with Crippen LogP contribution in [0.5, 0.6) is 0 Å². The Morgan fingerprint density at radius 2 is 0.390 bits per heavy atom. The second kappa shape index (κ2) is 36.5. The summed E-state index contributed by atoms with van der Waals surface area (Å²) in [7, 11) is 0. The zero-order valence-corrected chi connectivity index (χ0v) is 78.8. The third kappa shape index (κ3) is 15.7. The lowest BCUT2D eigenvalue weighted by atomic mass is 9.84. The van der Waals surface area contributed by atoms with E-state index in [4.69, 9.17) is 54.8 Å². The summed E-state index contributed by atoms with van der Waals surface area (Å²) < 4.78 is 0. The minimum atomic E-state index is 0.620. The summed E-state index contributed by atoms with van der Waals surface area (Å²) in [6, 6.07) is 164. The summed E-state index contributed by atoms with van der Waals surface area (Å²) in [5, 5.41) is 29.5. The lowest BCUT2D eigenvalue weighted by Crippen LogP contribution is -1.99. The molecule has 0 saturated heterocycles. The maximum absolute atomic E-state index is 5.17. The first-order valence-electron chi connectivity index (χ1n) is 49.1. The maximum atomic E-state index is 5.17. The third-order valence-electron chi connectivity index (χ3n) is 28.4. The molecule has 7 heterocycles. The van der Waals surface area contributed by atoms with Crippen molar-refractivity contribution in [2.24, 2.45) is 0 Å². The molecule has 0 unspecified atom stereocenters. The molecular formula is C135H83N11. The van der Waals surface area contributed by atoms with Crippen molar-refractivity contribution in [2.45, 2.75) is 0 Å². The zero-order chi connectivity index (χ0) is 96.5. The Labute approximate surface area is 839 Å². The van der Waals surface area contributed by atoms with Gasteiger partial charge in [-0.1, -0.05) is 419 Å². The van der Waals surface area contributed by atoms with Crippen LogP contribution in [0.4, 0.5) is 0 Å². The van der Waals surface area contributed by atoms with E-state index in [1.807, 2.05) is 67.4 Å². The number of aromatic nitrogens is 11. The van der Waals surface area contributed by atoms with Crippen LogP contribution >= 0.6 is 0 Å². The van der Waals surface area contributed by atoms with E-state index in [9.17, 15) is 0 Å². The molecule has 0 bridgehead atoms. The molecule has 0 saturated carbocycles. The van der Waals surface area contributed by atoms with Crippen LogP contribution in [0.3, 0.4) is 0 Å². The van der Waals surface area contributed by atoms with E-state index in [-0.39, 0.29) is 0 Å². The van der Waals surface area contributed by atoms with Crippen LogP contribution in [0.1, 0.15) is 0 Å². The van der Waals surface area contributed by atoms with Crippen molar-refractivity contribution >= 4 is 151 Å². The van der Waals surface area contributed by atoms with Gasteiger partial charge in [-0.15, -0.1) is 0 Å². The molecule has 0 fully saturated rings. The van der Waals surface area contributed by atoms with E-state index >= 15 is 0 Å². The zero-order valence-electron chi connectivity index (χ0n) is 78.8. The highest BCUT2D eigenvalue weighted by Gasteiger charge is 2.24. The number of rotatable bonds is 12. The number of hydrogen-bond donors (Lipinski definition) is 0. The van der Waals surface area contributed by atoms with Crippen LogP contribution in [0.2, 0.25) is 0 Å². The highest BCUT2D eigenvalue weighted by atomic mass is 14.9. The molecule has 11 heteroatoms. The van der Waals surface area contributed by atoms with Crippen molar-refractivity contribution < 1.29 is 0 Å². The van der Waals surface area contributed by atoms with E-state index in [2.05, 4.69) is 431 Å². The summed E-state index contributed by atoms with van der Waals surface area (Å²) in [6.45, 7) is 0. The lowest BCUT2D eigenvalue weighted by molar-refractivity contribution is 1.14. The summed E-state index contributed by atoms with van der Waals surface area (Å²) in [6.07, 6.45) is 11.1. The fourth-order valence-corrected chi connectivity index (χ4v) is 21.3. The van der Waals surface area contributed by atoms with Gasteiger partial charge in [0.2, 0.25) is 0 Å². The molecule has 0 radical (unpaired) electrons. The van der Waals surface area contributed by atoms with Crippen molar-refractivity contribution in [3.8, 4) is 135 Å². The van der Waals surface area contributed by atoms with Gasteiger partial charge >= 0.3 is 0 Å². The molecule has 29 aromatic rings. The Hall–Kier alpha value is -19.8. The number of pyridine rings is 3. The second-order valence-electron chi connectivity index (χ2n) is 37.0. The standard InChI is InChI=1S/C55H33N3.C49H31N5.C31H19N3/c1-3-14-37-29-40(23-21-34(37)11-1)52-43-17-7-8-18-44(43)53(41-24-22-35-12-2-4-15-38(35)30-41)48-31-39(26-27-45(48)52)50-32-57-51(33-56-50)55-47-28-25-36-13-5-6-16-42(36)54(47)46-19-9-10-20-49(46)58-55;1-3-11-32(12-4-1)34-19-23-37(24-20-34)43-29-44(54-49(53-43)38-25-21-35(22-26-38)33-13-5-2-6-14-33)45-30-51-46(31-50-45)48-41-28-27-36-15-7-8-16-39(36)47(41)40-17-9-10-18-42(40)52-48;1-2-9-22-17-23(14-13-20(22)7-1)28-18-33-29(19-32-28)31-26-16-15-21-8-3-4-10-24(21)30(26)25-11-5-6-12-27(25)34-31/h1-33H;1-31H;1-19H. The van der Waals surface area contributed by atoms with Crippen LogP contribution in [0, 0.1) is 0 Å². The molecule has 11 nitrogen and oxygen atoms in total. The van der Waals surface area contributed by atoms with Gasteiger partial charge in [0, 0.05) is 70.7 Å². The molecule has 0 amide bonds. The molecule has 0 aliphatic rings. The lowest BCUT2D eigenvalue weighted by Gasteiger charge is -2.19. The van der Waals surface area contributed by atoms with Gasteiger partial charge in [-0.25, -0.2) is 24.9 Å². The van der Waals surface area contributed by atoms with Gasteiger partial charge in [0.1, 0.15) is 22.8 Å². The molecule has 678 valence electrons. The van der Waals surface area contributed by atoms with Gasteiger partial charge in [-0.2, -0.15) is 0 Å². The number of para-hydroxylation sites is 3. The molecule has 22 aromatic carbocycles. The number of hydrogen-bond acceptors (Lipinski definition) is 11. The van der Waals surface area contributed by atoms with Gasteiger partial charge in [0.15, 0.2) is 5.82 Å². The molecular weight excluding hydrogens is 1780 g/mol. The first kappa shape index (κ1) is 85.4. The smallest absolute Gasteiger partial charge is 0.160 e. The fraction of sp³-hybridized carbons (Fsp3) is 0. The van der Waals surface area contributed by atoms with Crippen molar-refractivity contribution in [3.63, 3.8) is 0 Å². The van der Waals surface area contributed by atoms with Crippen molar-refractivity contribution in [3.05, 3.63) is 504 Å². The van der Waals surface area contributed by atoms with Gasteiger partial charge in [-0.3, -0.25) is 29.9 Å².